The molecule has 1 aromatic heterocycles. The average molecular weight is 299 g/mol. The molecule has 2 rings (SSSR count). The van der Waals surface area contributed by atoms with Crippen molar-refractivity contribution in [3.05, 3.63) is 59.3 Å². The molecule has 0 unspecified atom stereocenters. The smallest absolute Gasteiger partial charge is 0.171 e. The molecule has 0 saturated carbocycles. The van der Waals surface area contributed by atoms with E-state index in [0.29, 0.717) is 5.11 Å². The van der Waals surface area contributed by atoms with Crippen molar-refractivity contribution >= 4 is 23.1 Å². The van der Waals surface area contributed by atoms with E-state index in [9.17, 15) is 0 Å². The van der Waals surface area contributed by atoms with Crippen molar-refractivity contribution in [2.45, 2.75) is 26.7 Å². The molecule has 21 heavy (non-hydrogen) atoms. The third-order valence-electron chi connectivity index (χ3n) is 3.29. The number of hydrogen-bond acceptors (Lipinski definition) is 2. The Morgan fingerprint density at radius 2 is 2.10 bits per heavy atom. The molecule has 0 atom stereocenters. The van der Waals surface area contributed by atoms with Gasteiger partial charge in [-0.05, 0) is 49.2 Å². The highest BCUT2D eigenvalue weighted by molar-refractivity contribution is 7.80. The molecule has 0 bridgehead atoms. The minimum atomic E-state index is 0.621. The van der Waals surface area contributed by atoms with Crippen LogP contribution in [0.3, 0.4) is 0 Å². The van der Waals surface area contributed by atoms with Gasteiger partial charge in [-0.3, -0.25) is 0 Å². The predicted molar refractivity (Wildman–Crippen MR) is 92.7 cm³/mol. The second kappa shape index (κ2) is 7.74. The molecule has 3 nitrogen and oxygen atoms in total. The summed E-state index contributed by atoms with van der Waals surface area (Å²) in [4.78, 5) is 4.33. The van der Waals surface area contributed by atoms with Gasteiger partial charge >= 0.3 is 0 Å². The normalized spacial score (nSPS) is 10.2. The summed E-state index contributed by atoms with van der Waals surface area (Å²) in [5.74, 6) is 0.841. The number of thiocarbonyl (C=S) groups is 1. The van der Waals surface area contributed by atoms with Crippen LogP contribution in [0.1, 0.15) is 23.6 Å². The lowest BCUT2D eigenvalue weighted by Gasteiger charge is -2.12. The van der Waals surface area contributed by atoms with E-state index in [1.54, 1.807) is 6.20 Å². The third-order valence-corrected chi connectivity index (χ3v) is 3.53. The van der Waals surface area contributed by atoms with Crippen LogP contribution in [0.2, 0.25) is 0 Å². The third kappa shape index (κ3) is 4.83. The van der Waals surface area contributed by atoms with E-state index < -0.39 is 0 Å². The SMILES string of the molecule is CCc1cccnc1NC(=S)NCCc1cccc(C)c1. The van der Waals surface area contributed by atoms with Crippen LogP contribution in [-0.4, -0.2) is 16.6 Å². The molecular formula is C17H21N3S. The number of aromatic nitrogens is 1. The molecule has 1 heterocycles. The molecule has 0 aliphatic carbocycles. The van der Waals surface area contributed by atoms with Gasteiger partial charge in [0.05, 0.1) is 0 Å². The molecular weight excluding hydrogens is 278 g/mol. The van der Waals surface area contributed by atoms with Crippen molar-refractivity contribution < 1.29 is 0 Å². The number of benzene rings is 1. The van der Waals surface area contributed by atoms with E-state index in [4.69, 9.17) is 12.2 Å². The number of nitrogens with one attached hydrogen (secondary N) is 2. The van der Waals surface area contributed by atoms with Crippen LogP contribution in [0.15, 0.2) is 42.6 Å². The minimum absolute atomic E-state index is 0.621. The maximum atomic E-state index is 5.32. The van der Waals surface area contributed by atoms with Gasteiger partial charge < -0.3 is 10.6 Å². The summed E-state index contributed by atoms with van der Waals surface area (Å²) in [5, 5.41) is 7.02. The van der Waals surface area contributed by atoms with Gasteiger partial charge in [-0.1, -0.05) is 42.8 Å². The Balaban J connectivity index is 1.82. The quantitative estimate of drug-likeness (QED) is 0.829. The van der Waals surface area contributed by atoms with Gasteiger partial charge in [0.1, 0.15) is 5.82 Å². The summed E-state index contributed by atoms with van der Waals surface area (Å²) in [6, 6.07) is 12.5. The number of hydrogen-bond donors (Lipinski definition) is 2. The zero-order valence-corrected chi connectivity index (χ0v) is 13.3. The van der Waals surface area contributed by atoms with Crippen LogP contribution < -0.4 is 10.6 Å². The van der Waals surface area contributed by atoms with Crippen molar-refractivity contribution in [2.75, 3.05) is 11.9 Å². The standard InChI is InChI=1S/C17H21N3S/c1-3-15-8-5-10-18-16(15)20-17(21)19-11-9-14-7-4-6-13(2)12-14/h4-8,10,12H,3,9,11H2,1-2H3,(H2,18,19,20,21). The number of pyridine rings is 1. The van der Waals surface area contributed by atoms with Crippen LogP contribution in [0.4, 0.5) is 5.82 Å². The number of rotatable bonds is 5. The minimum Gasteiger partial charge on any atom is -0.362 e. The van der Waals surface area contributed by atoms with Gasteiger partial charge in [0, 0.05) is 12.7 Å². The summed E-state index contributed by atoms with van der Waals surface area (Å²) in [5.41, 5.74) is 3.77. The van der Waals surface area contributed by atoms with Crippen molar-refractivity contribution in [3.63, 3.8) is 0 Å². The molecule has 1 aromatic carbocycles. The Hall–Kier alpha value is -1.94. The van der Waals surface area contributed by atoms with Crippen molar-refractivity contribution in [1.82, 2.24) is 10.3 Å². The summed E-state index contributed by atoms with van der Waals surface area (Å²) in [6.07, 6.45) is 3.66. The first kappa shape index (κ1) is 15.4. The Bertz CT molecular complexity index is 610. The largest absolute Gasteiger partial charge is 0.362 e. The molecule has 0 saturated heterocycles. The molecule has 2 N–H and O–H groups in total. The summed E-state index contributed by atoms with van der Waals surface area (Å²) < 4.78 is 0. The monoisotopic (exact) mass is 299 g/mol. The lowest BCUT2D eigenvalue weighted by Crippen LogP contribution is -2.30. The number of anilines is 1. The maximum absolute atomic E-state index is 5.32. The van der Waals surface area contributed by atoms with E-state index in [2.05, 4.69) is 59.8 Å². The van der Waals surface area contributed by atoms with Gasteiger partial charge in [0.2, 0.25) is 0 Å². The fourth-order valence-corrected chi connectivity index (χ4v) is 2.37. The highest BCUT2D eigenvalue weighted by Crippen LogP contribution is 2.11. The lowest BCUT2D eigenvalue weighted by atomic mass is 10.1. The van der Waals surface area contributed by atoms with E-state index in [1.807, 2.05) is 6.07 Å². The number of aryl methyl sites for hydroxylation is 2. The summed E-state index contributed by atoms with van der Waals surface area (Å²) in [6.45, 7) is 5.02. The number of nitrogens with zero attached hydrogens (tertiary/aromatic N) is 1. The molecule has 0 radical (unpaired) electrons. The van der Waals surface area contributed by atoms with Crippen molar-refractivity contribution in [2.24, 2.45) is 0 Å². The van der Waals surface area contributed by atoms with Gasteiger partial charge in [-0.2, -0.15) is 0 Å². The highest BCUT2D eigenvalue weighted by atomic mass is 32.1. The first-order valence-electron chi connectivity index (χ1n) is 7.23. The van der Waals surface area contributed by atoms with E-state index >= 15 is 0 Å². The fourth-order valence-electron chi connectivity index (χ4n) is 2.18. The van der Waals surface area contributed by atoms with Crippen LogP contribution in [0, 0.1) is 6.92 Å². The van der Waals surface area contributed by atoms with Gasteiger partial charge in [0.25, 0.3) is 0 Å². The molecule has 110 valence electrons. The second-order valence-electron chi connectivity index (χ2n) is 4.98. The molecule has 0 aliphatic rings. The zero-order valence-electron chi connectivity index (χ0n) is 12.5. The molecule has 4 heteroatoms. The molecule has 0 fully saturated rings. The fraction of sp³-hybridized carbons (Fsp3) is 0.294. The van der Waals surface area contributed by atoms with Crippen LogP contribution in [0.25, 0.3) is 0 Å². The van der Waals surface area contributed by atoms with Gasteiger partial charge in [-0.15, -0.1) is 0 Å². The Labute approximate surface area is 131 Å². The highest BCUT2D eigenvalue weighted by Gasteiger charge is 2.03. The van der Waals surface area contributed by atoms with E-state index in [-0.39, 0.29) is 0 Å². The first-order chi connectivity index (χ1) is 10.2. The van der Waals surface area contributed by atoms with E-state index in [0.717, 1.165) is 25.2 Å². The topological polar surface area (TPSA) is 37.0 Å². The predicted octanol–water partition coefficient (Wildman–Crippen LogP) is 3.48. The Morgan fingerprint density at radius 3 is 2.86 bits per heavy atom. The lowest BCUT2D eigenvalue weighted by molar-refractivity contribution is 0.871. The Morgan fingerprint density at radius 1 is 1.24 bits per heavy atom. The van der Waals surface area contributed by atoms with Crippen LogP contribution >= 0.6 is 12.2 Å². The van der Waals surface area contributed by atoms with Gasteiger partial charge in [0.15, 0.2) is 5.11 Å². The molecule has 2 aromatic rings. The van der Waals surface area contributed by atoms with Crippen LogP contribution in [-0.2, 0) is 12.8 Å². The van der Waals surface area contributed by atoms with Gasteiger partial charge in [-0.25, -0.2) is 4.98 Å². The van der Waals surface area contributed by atoms with Crippen molar-refractivity contribution in [3.8, 4) is 0 Å². The van der Waals surface area contributed by atoms with Crippen LogP contribution in [0.5, 0.6) is 0 Å². The maximum Gasteiger partial charge on any atom is 0.171 e. The first-order valence-corrected chi connectivity index (χ1v) is 7.64. The zero-order chi connectivity index (χ0) is 15.1. The van der Waals surface area contributed by atoms with Crippen molar-refractivity contribution in [1.29, 1.82) is 0 Å². The average Bonchev–Trinajstić information content (AvgIpc) is 2.48. The molecule has 0 aliphatic heterocycles. The molecule has 0 amide bonds. The molecule has 0 spiro atoms. The Kier molecular flexibility index (Phi) is 5.69. The summed E-state index contributed by atoms with van der Waals surface area (Å²) >= 11 is 5.32. The second-order valence-corrected chi connectivity index (χ2v) is 5.39. The summed E-state index contributed by atoms with van der Waals surface area (Å²) in [7, 11) is 0. The van der Waals surface area contributed by atoms with E-state index in [1.165, 1.54) is 16.7 Å².